The summed E-state index contributed by atoms with van der Waals surface area (Å²) in [5.74, 6) is 0.727. The molecule has 0 aliphatic rings. The molecule has 0 saturated heterocycles. The van der Waals surface area contributed by atoms with Gasteiger partial charge in [-0.05, 0) is 30.7 Å². The Morgan fingerprint density at radius 3 is 2.74 bits per heavy atom. The Kier molecular flexibility index (Phi) is 4.03. The summed E-state index contributed by atoms with van der Waals surface area (Å²) in [6.07, 6.45) is 3.41. The van der Waals surface area contributed by atoms with Gasteiger partial charge in [-0.2, -0.15) is 14.6 Å². The average molecular weight is 327 g/mol. The maximum atomic E-state index is 12.3. The van der Waals surface area contributed by atoms with Crippen molar-refractivity contribution in [3.8, 4) is 5.75 Å². The number of thiazole rings is 1. The van der Waals surface area contributed by atoms with Crippen molar-refractivity contribution in [3.05, 3.63) is 73.4 Å². The van der Waals surface area contributed by atoms with E-state index in [-0.39, 0.29) is 11.3 Å². The van der Waals surface area contributed by atoms with Gasteiger partial charge < -0.3 is 4.74 Å². The summed E-state index contributed by atoms with van der Waals surface area (Å²) < 4.78 is 7.04. The summed E-state index contributed by atoms with van der Waals surface area (Å²) in [5.41, 5.74) is 0.348. The Hall–Kier alpha value is -2.80. The van der Waals surface area contributed by atoms with E-state index in [1.807, 2.05) is 24.3 Å². The van der Waals surface area contributed by atoms with Crippen LogP contribution in [0.1, 0.15) is 11.3 Å². The van der Waals surface area contributed by atoms with E-state index in [9.17, 15) is 9.59 Å². The molecule has 3 aromatic rings. The van der Waals surface area contributed by atoms with Crippen molar-refractivity contribution in [1.82, 2.24) is 14.6 Å². The predicted octanol–water partition coefficient (Wildman–Crippen LogP) is 0.932. The van der Waals surface area contributed by atoms with E-state index in [0.29, 0.717) is 16.1 Å². The third kappa shape index (κ3) is 3.04. The molecule has 7 heteroatoms. The van der Waals surface area contributed by atoms with Crippen LogP contribution in [-0.2, 0) is 0 Å². The van der Waals surface area contributed by atoms with E-state index < -0.39 is 5.56 Å². The Morgan fingerprint density at radius 1 is 1.30 bits per heavy atom. The van der Waals surface area contributed by atoms with Crippen molar-refractivity contribution in [2.75, 3.05) is 6.61 Å². The van der Waals surface area contributed by atoms with Crippen molar-refractivity contribution in [3.63, 3.8) is 0 Å². The normalized spacial score (nSPS) is 11.8. The second kappa shape index (κ2) is 6.13. The van der Waals surface area contributed by atoms with Crippen molar-refractivity contribution in [2.24, 2.45) is 0 Å². The number of hydrogen-bond acceptors (Lipinski definition) is 6. The average Bonchev–Trinajstić information content (AvgIpc) is 2.83. The number of hydrogen-bond donors (Lipinski definition) is 0. The molecule has 0 amide bonds. The Bertz CT molecular complexity index is 1040. The highest BCUT2D eigenvalue weighted by atomic mass is 32.1. The van der Waals surface area contributed by atoms with Crippen LogP contribution in [0.2, 0.25) is 0 Å². The smallest absolute Gasteiger partial charge is 0.295 e. The zero-order chi connectivity index (χ0) is 16.4. The molecule has 2 aromatic heterocycles. The van der Waals surface area contributed by atoms with Crippen LogP contribution in [0.15, 0.2) is 46.5 Å². The SMILES string of the molecule is C=CCOc1ccc(/C=c2/sc3nc(=O)c(C)nn3c2=O)cc1. The van der Waals surface area contributed by atoms with Gasteiger partial charge in [-0.1, -0.05) is 36.1 Å². The standard InChI is InChI=1S/C16H13N3O3S/c1-3-8-22-12-6-4-11(5-7-12)9-13-15(21)19-16(23-13)17-14(20)10(2)18-19/h3-7,9H,1,8H2,2H3/b13-9+. The first-order chi connectivity index (χ1) is 11.1. The molecule has 0 saturated carbocycles. The molecule has 3 rings (SSSR count). The van der Waals surface area contributed by atoms with Crippen LogP contribution in [0, 0.1) is 6.92 Å². The van der Waals surface area contributed by atoms with E-state index in [0.717, 1.165) is 27.2 Å². The Morgan fingerprint density at radius 2 is 2.04 bits per heavy atom. The third-order valence-corrected chi connectivity index (χ3v) is 4.05. The lowest BCUT2D eigenvalue weighted by molar-refractivity contribution is 0.363. The molecular weight excluding hydrogens is 314 g/mol. The third-order valence-electron chi connectivity index (χ3n) is 3.09. The summed E-state index contributed by atoms with van der Waals surface area (Å²) in [7, 11) is 0. The van der Waals surface area contributed by atoms with Gasteiger partial charge in [-0.15, -0.1) is 0 Å². The number of aryl methyl sites for hydroxylation is 1. The minimum atomic E-state index is -0.415. The first kappa shape index (κ1) is 15.1. The van der Waals surface area contributed by atoms with Crippen molar-refractivity contribution < 1.29 is 4.74 Å². The fourth-order valence-corrected chi connectivity index (χ4v) is 2.86. The number of benzene rings is 1. The van der Waals surface area contributed by atoms with Gasteiger partial charge in [0, 0.05) is 0 Å². The first-order valence-corrected chi connectivity index (χ1v) is 7.66. The maximum Gasteiger partial charge on any atom is 0.295 e. The highest BCUT2D eigenvalue weighted by Gasteiger charge is 2.08. The van der Waals surface area contributed by atoms with Crippen LogP contribution in [-0.4, -0.2) is 21.2 Å². The molecule has 23 heavy (non-hydrogen) atoms. The van der Waals surface area contributed by atoms with Crippen molar-refractivity contribution in [1.29, 1.82) is 0 Å². The van der Waals surface area contributed by atoms with Gasteiger partial charge in [0.1, 0.15) is 18.1 Å². The van der Waals surface area contributed by atoms with Gasteiger partial charge in [0.25, 0.3) is 11.1 Å². The minimum absolute atomic E-state index is 0.202. The van der Waals surface area contributed by atoms with Crippen LogP contribution >= 0.6 is 11.3 Å². The summed E-state index contributed by atoms with van der Waals surface area (Å²) in [4.78, 5) is 28.0. The van der Waals surface area contributed by atoms with E-state index in [1.54, 1.807) is 12.2 Å². The van der Waals surface area contributed by atoms with Crippen LogP contribution in [0.3, 0.4) is 0 Å². The van der Waals surface area contributed by atoms with Crippen LogP contribution in [0.4, 0.5) is 0 Å². The van der Waals surface area contributed by atoms with Gasteiger partial charge in [-0.3, -0.25) is 9.59 Å². The highest BCUT2D eigenvalue weighted by Crippen LogP contribution is 2.12. The molecule has 116 valence electrons. The second-order valence-electron chi connectivity index (χ2n) is 4.78. The van der Waals surface area contributed by atoms with Crippen molar-refractivity contribution in [2.45, 2.75) is 6.92 Å². The second-order valence-corrected chi connectivity index (χ2v) is 5.79. The summed E-state index contributed by atoms with van der Waals surface area (Å²) >= 11 is 1.14. The molecule has 0 radical (unpaired) electrons. The number of nitrogens with zero attached hydrogens (tertiary/aromatic N) is 3. The van der Waals surface area contributed by atoms with Crippen LogP contribution in [0.5, 0.6) is 5.75 Å². The number of fused-ring (bicyclic) bond motifs is 1. The summed E-state index contributed by atoms with van der Waals surface area (Å²) in [5, 5.41) is 3.98. The van der Waals surface area contributed by atoms with Gasteiger partial charge >= 0.3 is 0 Å². The molecular formula is C16H13N3O3S. The zero-order valence-electron chi connectivity index (χ0n) is 12.4. The van der Waals surface area contributed by atoms with E-state index in [1.165, 1.54) is 6.92 Å². The monoisotopic (exact) mass is 327 g/mol. The zero-order valence-corrected chi connectivity index (χ0v) is 13.2. The molecule has 0 fully saturated rings. The first-order valence-electron chi connectivity index (χ1n) is 6.84. The lowest BCUT2D eigenvalue weighted by Crippen LogP contribution is -2.27. The minimum Gasteiger partial charge on any atom is -0.490 e. The number of aromatic nitrogens is 3. The van der Waals surface area contributed by atoms with E-state index in [2.05, 4.69) is 16.7 Å². The quantitative estimate of drug-likeness (QED) is 0.667. The number of rotatable bonds is 4. The summed E-state index contributed by atoms with van der Waals surface area (Å²) in [6, 6.07) is 7.32. The summed E-state index contributed by atoms with van der Waals surface area (Å²) in [6.45, 7) is 5.56. The van der Waals surface area contributed by atoms with Crippen molar-refractivity contribution >= 4 is 22.4 Å². The van der Waals surface area contributed by atoms with E-state index >= 15 is 0 Å². The van der Waals surface area contributed by atoms with Gasteiger partial charge in [-0.25, -0.2) is 0 Å². The van der Waals surface area contributed by atoms with Gasteiger partial charge in [0.2, 0.25) is 4.96 Å². The molecule has 0 bridgehead atoms. The van der Waals surface area contributed by atoms with Gasteiger partial charge in [0.05, 0.1) is 4.53 Å². The Labute approximate surface area is 135 Å². The molecule has 0 spiro atoms. The number of ether oxygens (including phenoxy) is 1. The fourth-order valence-electron chi connectivity index (χ4n) is 1.95. The van der Waals surface area contributed by atoms with Crippen LogP contribution < -0.4 is 20.4 Å². The van der Waals surface area contributed by atoms with Gasteiger partial charge in [0.15, 0.2) is 0 Å². The predicted molar refractivity (Wildman–Crippen MR) is 89.1 cm³/mol. The molecule has 0 atom stereocenters. The molecule has 0 aliphatic heterocycles. The highest BCUT2D eigenvalue weighted by molar-refractivity contribution is 7.15. The molecule has 0 unspecified atom stereocenters. The largest absolute Gasteiger partial charge is 0.490 e. The van der Waals surface area contributed by atoms with E-state index in [4.69, 9.17) is 4.74 Å². The van der Waals surface area contributed by atoms with Crippen LogP contribution in [0.25, 0.3) is 11.0 Å². The molecule has 0 N–H and O–H groups in total. The molecule has 2 heterocycles. The lowest BCUT2D eigenvalue weighted by Gasteiger charge is -2.02. The maximum absolute atomic E-state index is 12.3. The fraction of sp³-hybridized carbons (Fsp3) is 0.125. The lowest BCUT2D eigenvalue weighted by atomic mass is 10.2. The Balaban J connectivity index is 2.04. The molecule has 6 nitrogen and oxygen atoms in total. The topological polar surface area (TPSA) is 73.6 Å². The molecule has 1 aromatic carbocycles. The molecule has 0 aliphatic carbocycles.